The lowest BCUT2D eigenvalue weighted by molar-refractivity contribution is -0.115. The molecular weight excluding hydrogens is 248 g/mol. The van der Waals surface area contributed by atoms with Crippen molar-refractivity contribution in [2.24, 2.45) is 5.41 Å². The maximum Gasteiger partial charge on any atom is 0.238 e. The molecule has 1 aromatic rings. The van der Waals surface area contributed by atoms with Gasteiger partial charge >= 0.3 is 0 Å². The second-order valence-electron chi connectivity index (χ2n) is 6.76. The summed E-state index contributed by atoms with van der Waals surface area (Å²) in [6, 6.07) is 8.37. The zero-order chi connectivity index (χ0) is 14.6. The van der Waals surface area contributed by atoms with Gasteiger partial charge in [0, 0.05) is 11.7 Å². The molecule has 0 radical (unpaired) electrons. The maximum atomic E-state index is 12.0. The number of benzene rings is 1. The van der Waals surface area contributed by atoms with Crippen molar-refractivity contribution < 1.29 is 4.79 Å². The number of hydrogen-bond donors (Lipinski definition) is 2. The summed E-state index contributed by atoms with van der Waals surface area (Å²) in [5.74, 6) is 0.0407. The van der Waals surface area contributed by atoms with Crippen LogP contribution in [0.5, 0.6) is 0 Å². The third kappa shape index (κ3) is 4.64. The Labute approximate surface area is 122 Å². The monoisotopic (exact) mass is 274 g/mol. The van der Waals surface area contributed by atoms with Gasteiger partial charge in [-0.2, -0.15) is 0 Å². The lowest BCUT2D eigenvalue weighted by atomic mass is 9.75. The van der Waals surface area contributed by atoms with Crippen LogP contribution < -0.4 is 10.6 Å². The largest absolute Gasteiger partial charge is 0.325 e. The predicted octanol–water partition coefficient (Wildman–Crippen LogP) is 3.49. The number of rotatable bonds is 4. The number of aryl methyl sites for hydroxylation is 1. The lowest BCUT2D eigenvalue weighted by Gasteiger charge is -2.35. The van der Waals surface area contributed by atoms with Gasteiger partial charge in [-0.3, -0.25) is 4.79 Å². The number of anilines is 1. The molecule has 1 unspecified atom stereocenters. The van der Waals surface area contributed by atoms with Crippen LogP contribution in [0.15, 0.2) is 24.3 Å². The fourth-order valence-electron chi connectivity index (χ4n) is 3.04. The van der Waals surface area contributed by atoms with Gasteiger partial charge < -0.3 is 10.6 Å². The Morgan fingerprint density at radius 2 is 2.20 bits per heavy atom. The molecule has 3 nitrogen and oxygen atoms in total. The molecule has 1 saturated carbocycles. The second-order valence-corrected chi connectivity index (χ2v) is 6.76. The van der Waals surface area contributed by atoms with Crippen molar-refractivity contribution in [3.63, 3.8) is 0 Å². The van der Waals surface area contributed by atoms with Crippen LogP contribution >= 0.6 is 0 Å². The summed E-state index contributed by atoms with van der Waals surface area (Å²) in [4.78, 5) is 12.0. The normalized spacial score (nSPS) is 21.4. The van der Waals surface area contributed by atoms with E-state index >= 15 is 0 Å². The van der Waals surface area contributed by atoms with Gasteiger partial charge in [0.05, 0.1) is 6.54 Å². The van der Waals surface area contributed by atoms with E-state index in [0.29, 0.717) is 18.0 Å². The van der Waals surface area contributed by atoms with E-state index in [0.717, 1.165) is 17.7 Å². The standard InChI is InChI=1S/C17H26N2O/c1-13-6-4-7-14(10-13)19-16(20)12-18-15-8-5-9-17(2,3)11-15/h4,6-7,10,15,18H,5,8-9,11-12H2,1-3H3,(H,19,20). The van der Waals surface area contributed by atoms with E-state index in [1.54, 1.807) is 0 Å². The highest BCUT2D eigenvalue weighted by atomic mass is 16.1. The SMILES string of the molecule is Cc1cccc(NC(=O)CNC2CCCC(C)(C)C2)c1. The van der Waals surface area contributed by atoms with Gasteiger partial charge in [0.1, 0.15) is 0 Å². The summed E-state index contributed by atoms with van der Waals surface area (Å²) in [5.41, 5.74) is 2.44. The Balaban J connectivity index is 1.78. The van der Waals surface area contributed by atoms with Gasteiger partial charge in [-0.05, 0) is 49.3 Å². The van der Waals surface area contributed by atoms with E-state index in [1.165, 1.54) is 19.3 Å². The fourth-order valence-corrected chi connectivity index (χ4v) is 3.04. The molecule has 3 heteroatoms. The molecule has 0 saturated heterocycles. The average Bonchev–Trinajstić information content (AvgIpc) is 2.35. The number of carbonyl (C=O) groups is 1. The summed E-state index contributed by atoms with van der Waals surface area (Å²) in [7, 11) is 0. The molecule has 2 N–H and O–H groups in total. The second kappa shape index (κ2) is 6.40. The Hall–Kier alpha value is -1.35. The first kappa shape index (κ1) is 15.0. The topological polar surface area (TPSA) is 41.1 Å². The molecule has 2 rings (SSSR count). The van der Waals surface area contributed by atoms with Gasteiger partial charge in [-0.25, -0.2) is 0 Å². The smallest absolute Gasteiger partial charge is 0.238 e. The van der Waals surface area contributed by atoms with Crippen LogP contribution in [0.2, 0.25) is 0 Å². The molecular formula is C17H26N2O. The Morgan fingerprint density at radius 3 is 2.90 bits per heavy atom. The number of carbonyl (C=O) groups excluding carboxylic acids is 1. The molecule has 1 aromatic carbocycles. The van der Waals surface area contributed by atoms with Crippen molar-refractivity contribution >= 4 is 11.6 Å². The quantitative estimate of drug-likeness (QED) is 0.882. The molecule has 0 spiro atoms. The molecule has 1 aliphatic carbocycles. The van der Waals surface area contributed by atoms with Crippen LogP contribution in [-0.2, 0) is 4.79 Å². The zero-order valence-electron chi connectivity index (χ0n) is 12.8. The minimum Gasteiger partial charge on any atom is -0.325 e. The molecule has 110 valence electrons. The first-order valence-electron chi connectivity index (χ1n) is 7.54. The average molecular weight is 274 g/mol. The summed E-state index contributed by atoms with van der Waals surface area (Å²) in [5, 5.41) is 6.34. The van der Waals surface area contributed by atoms with Crippen molar-refractivity contribution in [3.8, 4) is 0 Å². The minimum absolute atomic E-state index is 0.0407. The van der Waals surface area contributed by atoms with Crippen LogP contribution in [0.3, 0.4) is 0 Å². The van der Waals surface area contributed by atoms with E-state index in [2.05, 4.69) is 24.5 Å². The Kier molecular flexibility index (Phi) is 4.81. The summed E-state index contributed by atoms with van der Waals surface area (Å²) in [6.45, 7) is 7.05. The molecule has 0 aliphatic heterocycles. The van der Waals surface area contributed by atoms with E-state index in [4.69, 9.17) is 0 Å². The lowest BCUT2D eigenvalue weighted by Crippen LogP contribution is -2.41. The summed E-state index contributed by atoms with van der Waals surface area (Å²) >= 11 is 0. The van der Waals surface area contributed by atoms with Gasteiger partial charge in [0.2, 0.25) is 5.91 Å². The van der Waals surface area contributed by atoms with E-state index in [-0.39, 0.29) is 5.91 Å². The van der Waals surface area contributed by atoms with Gasteiger partial charge in [-0.15, -0.1) is 0 Å². The molecule has 0 aromatic heterocycles. The van der Waals surface area contributed by atoms with Crippen molar-refractivity contribution in [3.05, 3.63) is 29.8 Å². The van der Waals surface area contributed by atoms with Crippen LogP contribution in [0, 0.1) is 12.3 Å². The van der Waals surface area contributed by atoms with Crippen LogP contribution in [0.4, 0.5) is 5.69 Å². The molecule has 1 amide bonds. The molecule has 1 aliphatic rings. The van der Waals surface area contributed by atoms with Crippen molar-refractivity contribution in [2.75, 3.05) is 11.9 Å². The van der Waals surface area contributed by atoms with Gasteiger partial charge in [-0.1, -0.05) is 32.4 Å². The van der Waals surface area contributed by atoms with Crippen molar-refractivity contribution in [2.45, 2.75) is 52.5 Å². The first-order chi connectivity index (χ1) is 9.44. The van der Waals surface area contributed by atoms with E-state index in [9.17, 15) is 4.79 Å². The molecule has 1 fully saturated rings. The minimum atomic E-state index is 0.0407. The molecule has 0 bridgehead atoms. The van der Waals surface area contributed by atoms with Gasteiger partial charge in [0.15, 0.2) is 0 Å². The molecule has 20 heavy (non-hydrogen) atoms. The van der Waals surface area contributed by atoms with E-state index < -0.39 is 0 Å². The molecule has 1 atom stereocenters. The van der Waals surface area contributed by atoms with Gasteiger partial charge in [0.25, 0.3) is 0 Å². The van der Waals surface area contributed by atoms with Crippen LogP contribution in [0.1, 0.15) is 45.1 Å². The predicted molar refractivity (Wildman–Crippen MR) is 83.8 cm³/mol. The van der Waals surface area contributed by atoms with Crippen LogP contribution in [-0.4, -0.2) is 18.5 Å². The number of nitrogens with one attached hydrogen (secondary N) is 2. The third-order valence-corrected chi connectivity index (χ3v) is 4.06. The number of hydrogen-bond acceptors (Lipinski definition) is 2. The van der Waals surface area contributed by atoms with Crippen molar-refractivity contribution in [1.82, 2.24) is 5.32 Å². The Bertz CT molecular complexity index is 468. The zero-order valence-corrected chi connectivity index (χ0v) is 12.8. The highest BCUT2D eigenvalue weighted by Gasteiger charge is 2.27. The van der Waals surface area contributed by atoms with Crippen molar-refractivity contribution in [1.29, 1.82) is 0 Å². The molecule has 0 heterocycles. The number of amides is 1. The third-order valence-electron chi connectivity index (χ3n) is 4.06. The first-order valence-corrected chi connectivity index (χ1v) is 7.54. The summed E-state index contributed by atoms with van der Waals surface area (Å²) < 4.78 is 0. The van der Waals surface area contributed by atoms with Crippen LogP contribution in [0.25, 0.3) is 0 Å². The fraction of sp³-hybridized carbons (Fsp3) is 0.588. The highest BCUT2D eigenvalue weighted by molar-refractivity contribution is 5.92. The summed E-state index contributed by atoms with van der Waals surface area (Å²) in [6.07, 6.45) is 4.89. The highest BCUT2D eigenvalue weighted by Crippen LogP contribution is 2.34. The van der Waals surface area contributed by atoms with E-state index in [1.807, 2.05) is 31.2 Å². The maximum absolute atomic E-state index is 12.0. The Morgan fingerprint density at radius 1 is 1.40 bits per heavy atom.